The second kappa shape index (κ2) is 7.37. The van der Waals surface area contributed by atoms with Gasteiger partial charge in [-0.3, -0.25) is 4.79 Å². The molecule has 6 heteroatoms. The molecule has 2 aromatic carbocycles. The van der Waals surface area contributed by atoms with Gasteiger partial charge in [0.15, 0.2) is 5.82 Å². The van der Waals surface area contributed by atoms with Gasteiger partial charge in [-0.05, 0) is 36.2 Å². The highest BCUT2D eigenvalue weighted by Crippen LogP contribution is 2.21. The average molecular weight is 360 g/mol. The number of carbonyl (C=O) groups excluding carboxylic acids is 1. The van der Waals surface area contributed by atoms with Gasteiger partial charge in [0, 0.05) is 41.6 Å². The highest BCUT2D eigenvalue weighted by molar-refractivity contribution is 5.94. The first-order valence-electron chi connectivity index (χ1n) is 8.62. The van der Waals surface area contributed by atoms with Crippen molar-refractivity contribution in [2.75, 3.05) is 6.54 Å². The van der Waals surface area contributed by atoms with Crippen molar-refractivity contribution in [1.82, 2.24) is 20.3 Å². The van der Waals surface area contributed by atoms with Crippen molar-refractivity contribution < 1.29 is 9.18 Å². The van der Waals surface area contributed by atoms with Crippen LogP contribution in [0.4, 0.5) is 4.39 Å². The summed E-state index contributed by atoms with van der Waals surface area (Å²) in [4.78, 5) is 23.7. The Kier molecular flexibility index (Phi) is 4.61. The summed E-state index contributed by atoms with van der Waals surface area (Å²) >= 11 is 0. The molecule has 0 atom stereocenters. The molecule has 134 valence electrons. The van der Waals surface area contributed by atoms with Crippen LogP contribution in [0.15, 0.2) is 67.1 Å². The third-order valence-electron chi connectivity index (χ3n) is 4.40. The van der Waals surface area contributed by atoms with Gasteiger partial charge < -0.3 is 10.3 Å². The molecule has 4 aromatic rings. The lowest BCUT2D eigenvalue weighted by molar-refractivity contribution is 0.0954. The van der Waals surface area contributed by atoms with E-state index in [9.17, 15) is 9.18 Å². The molecular formula is C21H17FN4O. The quantitative estimate of drug-likeness (QED) is 0.570. The summed E-state index contributed by atoms with van der Waals surface area (Å²) < 4.78 is 13.7. The normalized spacial score (nSPS) is 10.9. The number of fused-ring (bicyclic) bond motifs is 1. The third kappa shape index (κ3) is 3.55. The van der Waals surface area contributed by atoms with E-state index in [4.69, 9.17) is 0 Å². The lowest BCUT2D eigenvalue weighted by Gasteiger charge is -2.06. The number of aromatic amines is 1. The Balaban J connectivity index is 1.38. The molecule has 0 fully saturated rings. The van der Waals surface area contributed by atoms with Crippen LogP contribution < -0.4 is 5.32 Å². The lowest BCUT2D eigenvalue weighted by Crippen LogP contribution is -2.25. The fourth-order valence-electron chi connectivity index (χ4n) is 3.01. The van der Waals surface area contributed by atoms with E-state index in [-0.39, 0.29) is 11.7 Å². The van der Waals surface area contributed by atoms with Crippen LogP contribution in [0.3, 0.4) is 0 Å². The van der Waals surface area contributed by atoms with Crippen molar-refractivity contribution in [2.24, 2.45) is 0 Å². The summed E-state index contributed by atoms with van der Waals surface area (Å²) in [6.45, 7) is 0.464. The van der Waals surface area contributed by atoms with E-state index >= 15 is 0 Å². The molecule has 1 amide bonds. The molecular weight excluding hydrogens is 343 g/mol. The van der Waals surface area contributed by atoms with E-state index in [1.165, 1.54) is 6.07 Å². The minimum atomic E-state index is -0.273. The smallest absolute Gasteiger partial charge is 0.251 e. The first kappa shape index (κ1) is 16.9. The number of nitrogens with one attached hydrogen (secondary N) is 2. The number of carbonyl (C=O) groups is 1. The number of aromatic nitrogens is 3. The number of para-hydroxylation sites is 1. The van der Waals surface area contributed by atoms with Gasteiger partial charge in [-0.2, -0.15) is 0 Å². The first-order chi connectivity index (χ1) is 13.2. The molecule has 0 saturated heterocycles. The van der Waals surface area contributed by atoms with Crippen LogP contribution in [0, 0.1) is 5.82 Å². The zero-order chi connectivity index (χ0) is 18.6. The molecule has 0 radical (unpaired) electrons. The van der Waals surface area contributed by atoms with Gasteiger partial charge in [0.05, 0.1) is 5.52 Å². The summed E-state index contributed by atoms with van der Waals surface area (Å²) in [5.41, 5.74) is 2.89. The highest BCUT2D eigenvalue weighted by atomic mass is 19.1. The number of hydrogen-bond acceptors (Lipinski definition) is 3. The first-order valence-corrected chi connectivity index (χ1v) is 8.62. The van der Waals surface area contributed by atoms with E-state index in [1.54, 1.807) is 42.9 Å². The maximum absolute atomic E-state index is 13.7. The Labute approximate surface area is 155 Å². The molecule has 0 aliphatic heterocycles. The van der Waals surface area contributed by atoms with E-state index in [0.29, 0.717) is 29.9 Å². The SMILES string of the molecule is O=C(NCCc1c[nH]c2c(F)cccc12)c1ccc(-c2ncccn2)cc1. The maximum atomic E-state index is 13.7. The fraction of sp³-hybridized carbons (Fsp3) is 0.0952. The topological polar surface area (TPSA) is 70.7 Å². The summed E-state index contributed by atoms with van der Waals surface area (Å²) in [5.74, 6) is 0.197. The summed E-state index contributed by atoms with van der Waals surface area (Å²) in [5, 5.41) is 3.74. The van der Waals surface area contributed by atoms with Crippen LogP contribution in [-0.2, 0) is 6.42 Å². The van der Waals surface area contributed by atoms with E-state index in [0.717, 1.165) is 16.5 Å². The number of amides is 1. The van der Waals surface area contributed by atoms with Gasteiger partial charge in [0.25, 0.3) is 5.91 Å². The molecule has 2 aromatic heterocycles. The monoisotopic (exact) mass is 360 g/mol. The Morgan fingerprint density at radius 3 is 2.59 bits per heavy atom. The van der Waals surface area contributed by atoms with E-state index < -0.39 is 0 Å². The number of halogens is 1. The fourth-order valence-corrected chi connectivity index (χ4v) is 3.01. The number of benzene rings is 2. The van der Waals surface area contributed by atoms with Crippen molar-refractivity contribution in [3.63, 3.8) is 0 Å². The van der Waals surface area contributed by atoms with Gasteiger partial charge in [-0.15, -0.1) is 0 Å². The molecule has 0 saturated carbocycles. The number of rotatable bonds is 5. The minimum absolute atomic E-state index is 0.151. The molecule has 0 spiro atoms. The summed E-state index contributed by atoms with van der Waals surface area (Å²) in [7, 11) is 0. The van der Waals surface area contributed by atoms with Gasteiger partial charge in [-0.1, -0.05) is 24.3 Å². The zero-order valence-electron chi connectivity index (χ0n) is 14.4. The predicted molar refractivity (Wildman–Crippen MR) is 102 cm³/mol. The summed E-state index contributed by atoms with van der Waals surface area (Å²) in [6, 6.07) is 13.9. The zero-order valence-corrected chi connectivity index (χ0v) is 14.4. The van der Waals surface area contributed by atoms with Gasteiger partial charge in [-0.25, -0.2) is 14.4 Å². The van der Waals surface area contributed by atoms with Crippen LogP contribution >= 0.6 is 0 Å². The van der Waals surface area contributed by atoms with Crippen LogP contribution in [0.1, 0.15) is 15.9 Å². The van der Waals surface area contributed by atoms with Crippen molar-refractivity contribution in [3.8, 4) is 11.4 Å². The van der Waals surface area contributed by atoms with Crippen molar-refractivity contribution in [2.45, 2.75) is 6.42 Å². The van der Waals surface area contributed by atoms with Gasteiger partial charge >= 0.3 is 0 Å². The van der Waals surface area contributed by atoms with Crippen molar-refractivity contribution in [1.29, 1.82) is 0 Å². The molecule has 4 rings (SSSR count). The van der Waals surface area contributed by atoms with Crippen LogP contribution in [0.2, 0.25) is 0 Å². The Morgan fingerprint density at radius 2 is 1.81 bits per heavy atom. The lowest BCUT2D eigenvalue weighted by atomic mass is 10.1. The standard InChI is InChI=1S/C21H17FN4O/c22-18-4-1-3-17-16(13-26-19(17)18)9-12-25-21(27)15-7-5-14(6-8-15)20-23-10-2-11-24-20/h1-8,10-11,13,26H,9,12H2,(H,25,27). The van der Waals surface area contributed by atoms with Crippen LogP contribution in [-0.4, -0.2) is 27.4 Å². The molecule has 0 bridgehead atoms. The van der Waals surface area contributed by atoms with Crippen molar-refractivity contribution >= 4 is 16.8 Å². The average Bonchev–Trinajstić information content (AvgIpc) is 3.13. The molecule has 0 unspecified atom stereocenters. The van der Waals surface area contributed by atoms with Crippen molar-refractivity contribution in [3.05, 3.63) is 84.1 Å². The second-order valence-electron chi connectivity index (χ2n) is 6.13. The van der Waals surface area contributed by atoms with Gasteiger partial charge in [0.2, 0.25) is 0 Å². The number of hydrogen-bond donors (Lipinski definition) is 2. The Hall–Kier alpha value is -3.54. The molecule has 0 aliphatic rings. The van der Waals surface area contributed by atoms with E-state index in [1.807, 2.05) is 18.2 Å². The van der Waals surface area contributed by atoms with E-state index in [2.05, 4.69) is 20.3 Å². The molecule has 27 heavy (non-hydrogen) atoms. The maximum Gasteiger partial charge on any atom is 0.251 e. The molecule has 5 nitrogen and oxygen atoms in total. The number of nitrogens with zero attached hydrogens (tertiary/aromatic N) is 2. The van der Waals surface area contributed by atoms with Gasteiger partial charge in [0.1, 0.15) is 5.82 Å². The molecule has 2 N–H and O–H groups in total. The Bertz CT molecular complexity index is 1070. The molecule has 0 aliphatic carbocycles. The Morgan fingerprint density at radius 1 is 1.04 bits per heavy atom. The van der Waals surface area contributed by atoms with Crippen LogP contribution in [0.25, 0.3) is 22.3 Å². The second-order valence-corrected chi connectivity index (χ2v) is 6.13. The predicted octanol–water partition coefficient (Wildman–Crippen LogP) is 3.74. The minimum Gasteiger partial charge on any atom is -0.359 e. The third-order valence-corrected chi connectivity index (χ3v) is 4.40. The summed E-state index contributed by atoms with van der Waals surface area (Å²) in [6.07, 6.45) is 5.76. The largest absolute Gasteiger partial charge is 0.359 e. The number of H-pyrrole nitrogens is 1. The molecule has 2 heterocycles. The highest BCUT2D eigenvalue weighted by Gasteiger charge is 2.09. The van der Waals surface area contributed by atoms with Crippen LogP contribution in [0.5, 0.6) is 0 Å².